The second-order valence-corrected chi connectivity index (χ2v) is 8.51. The molecule has 0 saturated heterocycles. The van der Waals surface area contributed by atoms with E-state index in [4.69, 9.17) is 4.74 Å². The molecule has 140 valence electrons. The molecule has 0 atom stereocenters. The van der Waals surface area contributed by atoms with Crippen LogP contribution in [0.2, 0.25) is 0 Å². The highest BCUT2D eigenvalue weighted by Gasteiger charge is 2.23. The standard InChI is InChI=1S/C17H20N2O5S2/c1-12(20)13-4-6-14(7-5-13)18-17(21)16-10-15(11-25-16)26(22,23)19(2)8-9-24-3/h4-7,10-11H,8-9H2,1-3H3,(H,18,21). The van der Waals surface area contributed by atoms with E-state index < -0.39 is 15.9 Å². The van der Waals surface area contributed by atoms with Crippen molar-refractivity contribution < 1.29 is 22.7 Å². The van der Waals surface area contributed by atoms with Crippen molar-refractivity contribution in [3.8, 4) is 0 Å². The van der Waals surface area contributed by atoms with Crippen LogP contribution in [0.4, 0.5) is 5.69 Å². The van der Waals surface area contributed by atoms with Crippen LogP contribution in [0.1, 0.15) is 27.0 Å². The Morgan fingerprint density at radius 2 is 1.88 bits per heavy atom. The number of nitrogens with one attached hydrogen (secondary N) is 1. The monoisotopic (exact) mass is 396 g/mol. The van der Waals surface area contributed by atoms with E-state index in [0.717, 1.165) is 11.3 Å². The van der Waals surface area contributed by atoms with Crippen LogP contribution >= 0.6 is 11.3 Å². The Kier molecular flexibility index (Phi) is 6.65. The molecule has 0 aliphatic carbocycles. The molecule has 1 N–H and O–H groups in total. The predicted molar refractivity (Wildman–Crippen MR) is 100 cm³/mol. The lowest BCUT2D eigenvalue weighted by Crippen LogP contribution is -2.29. The van der Waals surface area contributed by atoms with Crippen LogP contribution in [-0.2, 0) is 14.8 Å². The van der Waals surface area contributed by atoms with Gasteiger partial charge in [0, 0.05) is 37.3 Å². The van der Waals surface area contributed by atoms with E-state index >= 15 is 0 Å². The van der Waals surface area contributed by atoms with Gasteiger partial charge in [-0.15, -0.1) is 11.3 Å². The van der Waals surface area contributed by atoms with Crippen molar-refractivity contribution in [2.45, 2.75) is 11.8 Å². The summed E-state index contributed by atoms with van der Waals surface area (Å²) in [6.07, 6.45) is 0. The second kappa shape index (κ2) is 8.54. The highest BCUT2D eigenvalue weighted by molar-refractivity contribution is 7.89. The Morgan fingerprint density at radius 1 is 1.23 bits per heavy atom. The van der Waals surface area contributed by atoms with Gasteiger partial charge < -0.3 is 10.1 Å². The first-order chi connectivity index (χ1) is 12.3. The topological polar surface area (TPSA) is 92.8 Å². The van der Waals surface area contributed by atoms with E-state index in [9.17, 15) is 18.0 Å². The zero-order valence-corrected chi connectivity index (χ0v) is 16.3. The van der Waals surface area contributed by atoms with E-state index in [1.807, 2.05) is 0 Å². The van der Waals surface area contributed by atoms with Gasteiger partial charge in [0.15, 0.2) is 5.78 Å². The number of methoxy groups -OCH3 is 1. The fourth-order valence-corrected chi connectivity index (χ4v) is 4.39. The normalized spacial score (nSPS) is 11.5. The van der Waals surface area contributed by atoms with Crippen molar-refractivity contribution in [2.24, 2.45) is 0 Å². The quantitative estimate of drug-likeness (QED) is 0.692. The van der Waals surface area contributed by atoms with E-state index in [1.54, 1.807) is 24.3 Å². The Labute approximate surface area is 156 Å². The average molecular weight is 396 g/mol. The van der Waals surface area contributed by atoms with Crippen LogP contribution in [-0.4, -0.2) is 51.7 Å². The number of carbonyl (C=O) groups excluding carboxylic acids is 2. The third kappa shape index (κ3) is 4.76. The summed E-state index contributed by atoms with van der Waals surface area (Å²) < 4.78 is 31.0. The number of Topliss-reactive ketones (excluding diaryl/α,β-unsaturated/α-hetero) is 1. The number of ketones is 1. The Bertz CT molecular complexity index is 888. The minimum atomic E-state index is -3.67. The van der Waals surface area contributed by atoms with Gasteiger partial charge in [-0.1, -0.05) is 0 Å². The minimum Gasteiger partial charge on any atom is -0.383 e. The lowest BCUT2D eigenvalue weighted by molar-refractivity contribution is 0.101. The van der Waals surface area contributed by atoms with Gasteiger partial charge in [-0.2, -0.15) is 4.31 Å². The van der Waals surface area contributed by atoms with Gasteiger partial charge in [0.05, 0.1) is 16.4 Å². The van der Waals surface area contributed by atoms with Crippen molar-refractivity contribution in [1.82, 2.24) is 4.31 Å². The molecule has 1 heterocycles. The number of ether oxygens (including phenoxy) is 1. The first-order valence-electron chi connectivity index (χ1n) is 7.72. The molecule has 0 saturated carbocycles. The third-order valence-corrected chi connectivity index (χ3v) is 6.58. The van der Waals surface area contributed by atoms with Crippen LogP contribution in [0.5, 0.6) is 0 Å². The van der Waals surface area contributed by atoms with Crippen LogP contribution in [0, 0.1) is 0 Å². The lowest BCUT2D eigenvalue weighted by atomic mass is 10.1. The van der Waals surface area contributed by atoms with E-state index in [2.05, 4.69) is 5.32 Å². The van der Waals surface area contributed by atoms with Gasteiger partial charge >= 0.3 is 0 Å². The summed E-state index contributed by atoms with van der Waals surface area (Å²) in [5.74, 6) is -0.472. The summed E-state index contributed by atoms with van der Waals surface area (Å²) in [5, 5.41) is 4.12. The van der Waals surface area contributed by atoms with Gasteiger partial charge in [0.1, 0.15) is 0 Å². The highest BCUT2D eigenvalue weighted by Crippen LogP contribution is 2.23. The number of carbonyl (C=O) groups is 2. The van der Waals surface area contributed by atoms with E-state index in [-0.39, 0.29) is 28.7 Å². The smallest absolute Gasteiger partial charge is 0.265 e. The molecule has 0 bridgehead atoms. The molecule has 1 aromatic heterocycles. The minimum absolute atomic E-state index is 0.0615. The van der Waals surface area contributed by atoms with Crippen molar-refractivity contribution in [3.63, 3.8) is 0 Å². The molecule has 0 aliphatic rings. The Balaban J connectivity index is 2.11. The number of hydrogen-bond donors (Lipinski definition) is 1. The molecule has 2 aromatic rings. The van der Waals surface area contributed by atoms with E-state index in [1.165, 1.54) is 36.8 Å². The maximum atomic E-state index is 12.4. The number of rotatable bonds is 8. The number of likely N-dealkylation sites (N-methyl/N-ethyl adjacent to an activating group) is 1. The summed E-state index contributed by atoms with van der Waals surface area (Å²) in [7, 11) is -0.709. The molecule has 0 unspecified atom stereocenters. The van der Waals surface area contributed by atoms with Crippen molar-refractivity contribution in [3.05, 3.63) is 46.2 Å². The van der Waals surface area contributed by atoms with Gasteiger partial charge in [-0.05, 0) is 37.3 Å². The Hall–Kier alpha value is -2.07. The molecular formula is C17H20N2O5S2. The zero-order valence-electron chi connectivity index (χ0n) is 14.7. The van der Waals surface area contributed by atoms with Gasteiger partial charge in [-0.25, -0.2) is 8.42 Å². The van der Waals surface area contributed by atoms with Gasteiger partial charge in [-0.3, -0.25) is 9.59 Å². The SMILES string of the molecule is COCCN(C)S(=O)(=O)c1csc(C(=O)Nc2ccc(C(C)=O)cc2)c1. The molecule has 26 heavy (non-hydrogen) atoms. The van der Waals surface area contributed by atoms with Crippen LogP contribution in [0.3, 0.4) is 0 Å². The van der Waals surface area contributed by atoms with Crippen LogP contribution in [0.15, 0.2) is 40.6 Å². The molecule has 1 aromatic carbocycles. The molecular weight excluding hydrogens is 376 g/mol. The number of hydrogen-bond acceptors (Lipinski definition) is 6. The van der Waals surface area contributed by atoms with Gasteiger partial charge in [0.2, 0.25) is 10.0 Å². The first kappa shape index (κ1) is 20.2. The number of nitrogens with zero attached hydrogens (tertiary/aromatic N) is 1. The summed E-state index contributed by atoms with van der Waals surface area (Å²) in [6, 6.07) is 7.83. The number of thiophene rings is 1. The van der Waals surface area contributed by atoms with Gasteiger partial charge in [0.25, 0.3) is 5.91 Å². The largest absolute Gasteiger partial charge is 0.383 e. The summed E-state index contributed by atoms with van der Waals surface area (Å²) in [4.78, 5) is 23.9. The van der Waals surface area contributed by atoms with Crippen LogP contribution in [0.25, 0.3) is 0 Å². The number of anilines is 1. The number of amides is 1. The fourth-order valence-electron chi connectivity index (χ4n) is 2.07. The van der Waals surface area contributed by atoms with Crippen LogP contribution < -0.4 is 5.32 Å². The fraction of sp³-hybridized carbons (Fsp3) is 0.294. The van der Waals surface area contributed by atoms with E-state index in [0.29, 0.717) is 11.3 Å². The molecule has 0 fully saturated rings. The molecule has 9 heteroatoms. The number of benzene rings is 1. The number of sulfonamides is 1. The zero-order chi connectivity index (χ0) is 19.3. The molecule has 0 spiro atoms. The maximum absolute atomic E-state index is 12.4. The first-order valence-corrected chi connectivity index (χ1v) is 10.0. The molecule has 0 radical (unpaired) electrons. The summed E-state index contributed by atoms with van der Waals surface area (Å²) in [6.45, 7) is 1.97. The molecule has 2 rings (SSSR count). The van der Waals surface area contributed by atoms with Crippen molar-refractivity contribution in [1.29, 1.82) is 0 Å². The third-order valence-electron chi connectivity index (χ3n) is 3.67. The lowest BCUT2D eigenvalue weighted by Gasteiger charge is -2.15. The van der Waals surface area contributed by atoms with Crippen molar-refractivity contribution >= 4 is 38.7 Å². The predicted octanol–water partition coefficient (Wildman–Crippen LogP) is 2.47. The molecule has 0 aliphatic heterocycles. The summed E-state index contributed by atoms with van der Waals surface area (Å²) in [5.41, 5.74) is 1.07. The Morgan fingerprint density at radius 3 is 2.46 bits per heavy atom. The second-order valence-electron chi connectivity index (χ2n) is 5.55. The van der Waals surface area contributed by atoms with Crippen molar-refractivity contribution in [2.75, 3.05) is 32.6 Å². The molecule has 7 nitrogen and oxygen atoms in total. The summed E-state index contributed by atoms with van der Waals surface area (Å²) >= 11 is 1.05. The average Bonchev–Trinajstić information content (AvgIpc) is 3.11. The highest BCUT2D eigenvalue weighted by atomic mass is 32.2. The molecule has 1 amide bonds. The maximum Gasteiger partial charge on any atom is 0.265 e.